The maximum atomic E-state index is 4.57. The molecular formula is C14H27N7. The third-order valence-electron chi connectivity index (χ3n) is 3.76. The van der Waals surface area contributed by atoms with Gasteiger partial charge in [0.15, 0.2) is 0 Å². The highest BCUT2D eigenvalue weighted by molar-refractivity contribution is 5.44. The van der Waals surface area contributed by atoms with Gasteiger partial charge in [0.1, 0.15) is 0 Å². The minimum Gasteiger partial charge on any atom is -0.357 e. The number of hydrogen-bond acceptors (Lipinski definition) is 7. The molecule has 0 aliphatic carbocycles. The second kappa shape index (κ2) is 6.89. The van der Waals surface area contributed by atoms with Gasteiger partial charge in [0.05, 0.1) is 0 Å². The van der Waals surface area contributed by atoms with Gasteiger partial charge in [-0.15, -0.1) is 0 Å². The van der Waals surface area contributed by atoms with Crippen molar-refractivity contribution in [3.63, 3.8) is 0 Å². The lowest BCUT2D eigenvalue weighted by Gasteiger charge is -2.33. The number of piperidine rings is 1. The van der Waals surface area contributed by atoms with Crippen LogP contribution in [0.15, 0.2) is 0 Å². The first-order valence-electron chi connectivity index (χ1n) is 7.50. The molecule has 21 heavy (non-hydrogen) atoms. The molecule has 1 saturated heterocycles. The van der Waals surface area contributed by atoms with Crippen molar-refractivity contribution in [1.29, 1.82) is 0 Å². The van der Waals surface area contributed by atoms with Crippen molar-refractivity contribution in [2.24, 2.45) is 5.92 Å². The third-order valence-corrected chi connectivity index (χ3v) is 3.76. The van der Waals surface area contributed by atoms with Crippen LogP contribution in [0.25, 0.3) is 0 Å². The summed E-state index contributed by atoms with van der Waals surface area (Å²) in [6, 6.07) is 0. The Morgan fingerprint density at radius 3 is 2.29 bits per heavy atom. The maximum Gasteiger partial charge on any atom is 0.231 e. The van der Waals surface area contributed by atoms with E-state index in [1.807, 2.05) is 26.0 Å². The number of hydrogen-bond donors (Lipinski definition) is 1. The van der Waals surface area contributed by atoms with Crippen LogP contribution < -0.4 is 15.1 Å². The number of rotatable bonds is 5. The van der Waals surface area contributed by atoms with Gasteiger partial charge in [-0.2, -0.15) is 15.0 Å². The summed E-state index contributed by atoms with van der Waals surface area (Å²) in [6.45, 7) is 3.19. The molecule has 1 fully saturated rings. The number of nitrogens with one attached hydrogen (secondary N) is 1. The van der Waals surface area contributed by atoms with E-state index in [1.54, 1.807) is 0 Å². The van der Waals surface area contributed by atoms with Gasteiger partial charge in [-0.05, 0) is 32.9 Å². The Morgan fingerprint density at radius 2 is 1.76 bits per heavy atom. The number of anilines is 3. The van der Waals surface area contributed by atoms with Gasteiger partial charge < -0.3 is 20.0 Å². The van der Waals surface area contributed by atoms with Crippen LogP contribution in [0.1, 0.15) is 12.8 Å². The van der Waals surface area contributed by atoms with Crippen molar-refractivity contribution < 1.29 is 0 Å². The molecule has 1 aliphatic heterocycles. The Morgan fingerprint density at radius 1 is 1.10 bits per heavy atom. The molecule has 7 nitrogen and oxygen atoms in total. The van der Waals surface area contributed by atoms with Crippen molar-refractivity contribution in [1.82, 2.24) is 19.9 Å². The normalized spacial score (nSPS) is 16.4. The van der Waals surface area contributed by atoms with E-state index < -0.39 is 0 Å². The first-order valence-corrected chi connectivity index (χ1v) is 7.50. The second-order valence-electron chi connectivity index (χ2n) is 6.10. The van der Waals surface area contributed by atoms with E-state index in [4.69, 9.17) is 0 Å². The van der Waals surface area contributed by atoms with Crippen molar-refractivity contribution >= 4 is 17.8 Å². The Kier molecular flexibility index (Phi) is 5.17. The molecule has 118 valence electrons. The standard InChI is InChI=1S/C14H27N7/c1-15-12-16-13(20(4)5)18-14(17-12)21-8-6-11(7-9-21)10-19(2)3/h11H,6-10H2,1-5H3,(H,15,16,17,18). The fourth-order valence-corrected chi connectivity index (χ4v) is 2.64. The van der Waals surface area contributed by atoms with Crippen LogP contribution in [-0.2, 0) is 0 Å². The van der Waals surface area contributed by atoms with E-state index in [0.717, 1.165) is 31.5 Å². The van der Waals surface area contributed by atoms with Gasteiger partial charge in [0, 0.05) is 40.8 Å². The lowest BCUT2D eigenvalue weighted by Crippen LogP contribution is -2.38. The summed E-state index contributed by atoms with van der Waals surface area (Å²) in [5.41, 5.74) is 0. The minimum atomic E-state index is 0.624. The molecule has 1 N–H and O–H groups in total. The number of nitrogens with zero attached hydrogens (tertiary/aromatic N) is 6. The van der Waals surface area contributed by atoms with Gasteiger partial charge in [-0.1, -0.05) is 0 Å². The smallest absolute Gasteiger partial charge is 0.231 e. The van der Waals surface area contributed by atoms with Gasteiger partial charge >= 0.3 is 0 Å². The summed E-state index contributed by atoms with van der Waals surface area (Å²) in [4.78, 5) is 19.9. The van der Waals surface area contributed by atoms with Crippen LogP contribution in [0.2, 0.25) is 0 Å². The molecule has 0 unspecified atom stereocenters. The molecule has 2 rings (SSSR count). The molecule has 0 bridgehead atoms. The summed E-state index contributed by atoms with van der Waals surface area (Å²) >= 11 is 0. The molecule has 1 aromatic rings. The second-order valence-corrected chi connectivity index (χ2v) is 6.10. The topological polar surface area (TPSA) is 60.4 Å². The van der Waals surface area contributed by atoms with E-state index in [0.29, 0.717) is 11.9 Å². The zero-order valence-electron chi connectivity index (χ0n) is 13.8. The SMILES string of the molecule is CNc1nc(N(C)C)nc(N2CCC(CN(C)C)CC2)n1. The van der Waals surface area contributed by atoms with E-state index in [2.05, 4.69) is 44.2 Å². The Hall–Kier alpha value is -1.63. The molecule has 1 aromatic heterocycles. The molecule has 0 spiro atoms. The predicted molar refractivity (Wildman–Crippen MR) is 87.2 cm³/mol. The minimum absolute atomic E-state index is 0.624. The van der Waals surface area contributed by atoms with Crippen LogP contribution in [0.4, 0.5) is 17.8 Å². The first-order chi connectivity index (χ1) is 9.99. The van der Waals surface area contributed by atoms with E-state index >= 15 is 0 Å². The average molecular weight is 293 g/mol. The van der Waals surface area contributed by atoms with E-state index in [9.17, 15) is 0 Å². The Bertz CT molecular complexity index is 453. The van der Waals surface area contributed by atoms with Crippen LogP contribution in [0.5, 0.6) is 0 Å². The molecule has 1 aliphatic rings. The highest BCUT2D eigenvalue weighted by Crippen LogP contribution is 2.22. The van der Waals surface area contributed by atoms with Crippen LogP contribution in [0.3, 0.4) is 0 Å². The van der Waals surface area contributed by atoms with Gasteiger partial charge in [-0.25, -0.2) is 0 Å². The van der Waals surface area contributed by atoms with Crippen LogP contribution in [-0.4, -0.2) is 74.7 Å². The van der Waals surface area contributed by atoms with Crippen molar-refractivity contribution in [2.45, 2.75) is 12.8 Å². The molecule has 0 amide bonds. The van der Waals surface area contributed by atoms with Crippen molar-refractivity contribution in [3.8, 4) is 0 Å². The molecule has 0 radical (unpaired) electrons. The third kappa shape index (κ3) is 4.17. The van der Waals surface area contributed by atoms with Crippen LogP contribution >= 0.6 is 0 Å². The zero-order valence-corrected chi connectivity index (χ0v) is 13.8. The quantitative estimate of drug-likeness (QED) is 0.860. The summed E-state index contributed by atoms with van der Waals surface area (Å²) in [6.07, 6.45) is 2.38. The van der Waals surface area contributed by atoms with E-state index in [1.165, 1.54) is 12.8 Å². The average Bonchev–Trinajstić information content (AvgIpc) is 2.46. The summed E-state index contributed by atoms with van der Waals surface area (Å²) < 4.78 is 0. The van der Waals surface area contributed by atoms with Gasteiger partial charge in [0.25, 0.3) is 0 Å². The van der Waals surface area contributed by atoms with Crippen molar-refractivity contribution in [2.75, 3.05) is 70.0 Å². The summed E-state index contributed by atoms with van der Waals surface area (Å²) in [5.74, 6) is 2.87. The largest absolute Gasteiger partial charge is 0.357 e. The van der Waals surface area contributed by atoms with Crippen molar-refractivity contribution in [3.05, 3.63) is 0 Å². The monoisotopic (exact) mass is 293 g/mol. The highest BCUT2D eigenvalue weighted by Gasteiger charge is 2.22. The molecule has 7 heteroatoms. The molecule has 0 saturated carbocycles. The maximum absolute atomic E-state index is 4.57. The predicted octanol–water partition coefficient (Wildman–Crippen LogP) is 0.757. The Labute approximate surface area is 127 Å². The van der Waals surface area contributed by atoms with Gasteiger partial charge in [-0.3, -0.25) is 0 Å². The summed E-state index contributed by atoms with van der Waals surface area (Å²) in [5, 5.41) is 3.01. The molecular weight excluding hydrogens is 266 g/mol. The highest BCUT2D eigenvalue weighted by atomic mass is 15.3. The zero-order chi connectivity index (χ0) is 15.4. The fraction of sp³-hybridized carbons (Fsp3) is 0.786. The van der Waals surface area contributed by atoms with E-state index in [-0.39, 0.29) is 0 Å². The van der Waals surface area contributed by atoms with Crippen LogP contribution in [0, 0.1) is 5.92 Å². The lowest BCUT2D eigenvalue weighted by molar-refractivity contribution is 0.284. The molecule has 0 aromatic carbocycles. The fourth-order valence-electron chi connectivity index (χ4n) is 2.64. The molecule has 0 atom stereocenters. The first kappa shape index (κ1) is 15.8. The molecule has 2 heterocycles. The lowest BCUT2D eigenvalue weighted by atomic mass is 9.97. The summed E-state index contributed by atoms with van der Waals surface area (Å²) in [7, 11) is 10.0. The Balaban J connectivity index is 2.07. The number of aromatic nitrogens is 3. The van der Waals surface area contributed by atoms with Gasteiger partial charge in [0.2, 0.25) is 17.8 Å².